The quantitative estimate of drug-likeness (QED) is 0.463. The van der Waals surface area contributed by atoms with Crippen LogP contribution in [0.2, 0.25) is 0 Å². The van der Waals surface area contributed by atoms with Crippen molar-refractivity contribution >= 4 is 5.91 Å². The second kappa shape index (κ2) is 9.57. The van der Waals surface area contributed by atoms with Crippen molar-refractivity contribution in [3.05, 3.63) is 35.5 Å². The average molecular weight is 277 g/mol. The Hall–Kier alpha value is -1.31. The molecule has 0 radical (unpaired) electrons. The number of carbonyl (C=O) groups excluding carboxylic acids is 1. The summed E-state index contributed by atoms with van der Waals surface area (Å²) in [6.45, 7) is 12.6. The SMILES string of the molecule is C=C(/C(C)=C\C(=C/C)C(=O)N(C)C)C(CCC)CCC. The lowest BCUT2D eigenvalue weighted by Gasteiger charge is -2.20. The van der Waals surface area contributed by atoms with Crippen molar-refractivity contribution in [3.8, 4) is 0 Å². The second-order valence-corrected chi connectivity index (χ2v) is 5.57. The number of nitrogens with zero attached hydrogens (tertiary/aromatic N) is 1. The molecule has 2 nitrogen and oxygen atoms in total. The number of rotatable bonds is 8. The molecule has 0 unspecified atom stereocenters. The molecule has 0 aromatic heterocycles. The minimum Gasteiger partial charge on any atom is -0.345 e. The monoisotopic (exact) mass is 277 g/mol. The van der Waals surface area contributed by atoms with Gasteiger partial charge in [0, 0.05) is 19.7 Å². The highest BCUT2D eigenvalue weighted by atomic mass is 16.2. The van der Waals surface area contributed by atoms with Gasteiger partial charge in [0.05, 0.1) is 0 Å². The zero-order chi connectivity index (χ0) is 15.7. The summed E-state index contributed by atoms with van der Waals surface area (Å²) < 4.78 is 0. The molecule has 0 rings (SSSR count). The third kappa shape index (κ3) is 5.77. The lowest BCUT2D eigenvalue weighted by molar-refractivity contribution is -0.124. The molecule has 2 heteroatoms. The average Bonchev–Trinajstić information content (AvgIpc) is 2.42. The van der Waals surface area contributed by atoms with Crippen molar-refractivity contribution < 1.29 is 4.79 Å². The number of allylic oxidation sites excluding steroid dienone is 3. The maximum absolute atomic E-state index is 12.0. The molecule has 0 bridgehead atoms. The van der Waals surface area contributed by atoms with E-state index in [1.807, 2.05) is 19.1 Å². The van der Waals surface area contributed by atoms with Crippen LogP contribution in [0.1, 0.15) is 53.4 Å². The molecule has 0 fully saturated rings. The van der Waals surface area contributed by atoms with Gasteiger partial charge < -0.3 is 4.90 Å². The van der Waals surface area contributed by atoms with Gasteiger partial charge in [-0.25, -0.2) is 0 Å². The summed E-state index contributed by atoms with van der Waals surface area (Å²) >= 11 is 0. The molecular weight excluding hydrogens is 246 g/mol. The Bertz CT molecular complexity index is 382. The van der Waals surface area contributed by atoms with Crippen LogP contribution in [0.4, 0.5) is 0 Å². The first-order valence-corrected chi connectivity index (χ1v) is 7.64. The van der Waals surface area contributed by atoms with E-state index < -0.39 is 0 Å². The molecule has 0 saturated heterocycles. The molecule has 0 spiro atoms. The molecule has 0 saturated carbocycles. The zero-order valence-electron chi connectivity index (χ0n) is 14.1. The van der Waals surface area contributed by atoms with Crippen molar-refractivity contribution in [2.45, 2.75) is 53.4 Å². The highest BCUT2D eigenvalue weighted by Crippen LogP contribution is 2.27. The number of hydrogen-bond donors (Lipinski definition) is 0. The van der Waals surface area contributed by atoms with Crippen LogP contribution < -0.4 is 0 Å². The Morgan fingerprint density at radius 3 is 2.05 bits per heavy atom. The normalized spacial score (nSPS) is 12.8. The van der Waals surface area contributed by atoms with Gasteiger partial charge in [0.1, 0.15) is 0 Å². The summed E-state index contributed by atoms with van der Waals surface area (Å²) in [5, 5.41) is 0. The molecule has 0 N–H and O–H groups in total. The molecular formula is C18H31NO. The van der Waals surface area contributed by atoms with Crippen molar-refractivity contribution in [3.63, 3.8) is 0 Å². The van der Waals surface area contributed by atoms with Crippen LogP contribution in [0.25, 0.3) is 0 Å². The smallest absolute Gasteiger partial charge is 0.253 e. The van der Waals surface area contributed by atoms with Gasteiger partial charge in [-0.15, -0.1) is 0 Å². The predicted molar refractivity (Wildman–Crippen MR) is 88.7 cm³/mol. The van der Waals surface area contributed by atoms with Gasteiger partial charge in [0.2, 0.25) is 0 Å². The fraction of sp³-hybridized carbons (Fsp3) is 0.611. The summed E-state index contributed by atoms with van der Waals surface area (Å²) in [5.41, 5.74) is 3.04. The van der Waals surface area contributed by atoms with Gasteiger partial charge in [0.15, 0.2) is 0 Å². The largest absolute Gasteiger partial charge is 0.345 e. The van der Waals surface area contributed by atoms with Gasteiger partial charge in [-0.3, -0.25) is 4.79 Å². The second-order valence-electron chi connectivity index (χ2n) is 5.57. The van der Waals surface area contributed by atoms with Crippen molar-refractivity contribution in [1.82, 2.24) is 4.90 Å². The first kappa shape index (κ1) is 18.7. The molecule has 0 aliphatic rings. The van der Waals surface area contributed by atoms with E-state index in [1.54, 1.807) is 19.0 Å². The molecule has 0 heterocycles. The van der Waals surface area contributed by atoms with Crippen LogP contribution >= 0.6 is 0 Å². The molecule has 114 valence electrons. The molecule has 0 aromatic carbocycles. The van der Waals surface area contributed by atoms with Crippen LogP contribution in [0.5, 0.6) is 0 Å². The van der Waals surface area contributed by atoms with E-state index >= 15 is 0 Å². The number of likely N-dealkylation sites (N-methyl/N-ethyl adjacent to an activating group) is 1. The first-order chi connectivity index (χ1) is 9.38. The molecule has 0 aliphatic carbocycles. The minimum absolute atomic E-state index is 0.0437. The van der Waals surface area contributed by atoms with Crippen molar-refractivity contribution in [2.75, 3.05) is 14.1 Å². The van der Waals surface area contributed by atoms with Crippen LogP contribution in [0.15, 0.2) is 35.5 Å². The molecule has 0 aliphatic heterocycles. The van der Waals surface area contributed by atoms with Gasteiger partial charge in [-0.2, -0.15) is 0 Å². The lowest BCUT2D eigenvalue weighted by atomic mass is 9.86. The van der Waals surface area contributed by atoms with Crippen LogP contribution in [0, 0.1) is 5.92 Å². The van der Waals surface area contributed by atoms with Crippen LogP contribution in [-0.2, 0) is 4.79 Å². The fourth-order valence-corrected chi connectivity index (χ4v) is 2.36. The van der Waals surface area contributed by atoms with E-state index in [0.29, 0.717) is 5.92 Å². The molecule has 20 heavy (non-hydrogen) atoms. The fourth-order valence-electron chi connectivity index (χ4n) is 2.36. The van der Waals surface area contributed by atoms with E-state index in [1.165, 1.54) is 31.3 Å². The van der Waals surface area contributed by atoms with E-state index in [4.69, 9.17) is 0 Å². The summed E-state index contributed by atoms with van der Waals surface area (Å²) in [6.07, 6.45) is 8.53. The predicted octanol–water partition coefficient (Wildman–Crippen LogP) is 4.74. The maximum atomic E-state index is 12.0. The van der Waals surface area contributed by atoms with E-state index in [9.17, 15) is 4.79 Å². The Morgan fingerprint density at radius 2 is 1.70 bits per heavy atom. The Kier molecular flexibility index (Phi) is 8.94. The van der Waals surface area contributed by atoms with Gasteiger partial charge in [-0.05, 0) is 49.8 Å². The number of hydrogen-bond acceptors (Lipinski definition) is 1. The molecule has 0 atom stereocenters. The van der Waals surface area contributed by atoms with E-state index in [0.717, 1.165) is 11.1 Å². The summed E-state index contributed by atoms with van der Waals surface area (Å²) in [6, 6.07) is 0. The topological polar surface area (TPSA) is 20.3 Å². The van der Waals surface area contributed by atoms with Gasteiger partial charge >= 0.3 is 0 Å². The highest BCUT2D eigenvalue weighted by molar-refractivity contribution is 5.96. The van der Waals surface area contributed by atoms with Crippen molar-refractivity contribution in [1.29, 1.82) is 0 Å². The first-order valence-electron chi connectivity index (χ1n) is 7.64. The highest BCUT2D eigenvalue weighted by Gasteiger charge is 2.14. The molecule has 0 aromatic rings. The van der Waals surface area contributed by atoms with E-state index in [2.05, 4.69) is 27.4 Å². The molecule has 1 amide bonds. The number of carbonyl (C=O) groups is 1. The lowest BCUT2D eigenvalue weighted by Crippen LogP contribution is -2.23. The third-order valence-electron chi connectivity index (χ3n) is 3.61. The number of amides is 1. The standard InChI is InChI=1S/C18H31NO/c1-8-11-17(12-9-2)15(5)14(4)13-16(10-3)18(20)19(6)7/h10,13,17H,5,8-9,11-12H2,1-4,6-7H3/b14-13-,16-10+. The van der Waals surface area contributed by atoms with Gasteiger partial charge in [-0.1, -0.05) is 39.3 Å². The minimum atomic E-state index is 0.0437. The summed E-state index contributed by atoms with van der Waals surface area (Å²) in [4.78, 5) is 13.6. The van der Waals surface area contributed by atoms with Gasteiger partial charge in [0.25, 0.3) is 5.91 Å². The summed E-state index contributed by atoms with van der Waals surface area (Å²) in [7, 11) is 3.56. The Balaban J connectivity index is 5.09. The maximum Gasteiger partial charge on any atom is 0.253 e. The zero-order valence-corrected chi connectivity index (χ0v) is 14.1. The Labute approximate surface area is 125 Å². The third-order valence-corrected chi connectivity index (χ3v) is 3.61. The van der Waals surface area contributed by atoms with Crippen LogP contribution in [0.3, 0.4) is 0 Å². The Morgan fingerprint density at radius 1 is 1.20 bits per heavy atom. The van der Waals surface area contributed by atoms with Crippen LogP contribution in [-0.4, -0.2) is 24.9 Å². The van der Waals surface area contributed by atoms with E-state index in [-0.39, 0.29) is 5.91 Å². The summed E-state index contributed by atoms with van der Waals surface area (Å²) in [5.74, 6) is 0.580. The van der Waals surface area contributed by atoms with Crippen molar-refractivity contribution in [2.24, 2.45) is 5.92 Å².